The van der Waals surface area contributed by atoms with Gasteiger partial charge in [0, 0.05) is 25.2 Å². The van der Waals surface area contributed by atoms with Crippen LogP contribution >= 0.6 is 0 Å². The minimum atomic E-state index is -0.394. The van der Waals surface area contributed by atoms with Crippen molar-refractivity contribution in [3.63, 3.8) is 0 Å². The lowest BCUT2D eigenvalue weighted by Crippen LogP contribution is -2.21. The van der Waals surface area contributed by atoms with Crippen LogP contribution in [0.1, 0.15) is 34.7 Å². The van der Waals surface area contributed by atoms with Gasteiger partial charge in [-0.2, -0.15) is 0 Å². The molecule has 0 saturated heterocycles. The van der Waals surface area contributed by atoms with Gasteiger partial charge < -0.3 is 4.74 Å². The lowest BCUT2D eigenvalue weighted by molar-refractivity contribution is -0.124. The molecule has 0 atom stereocenters. The van der Waals surface area contributed by atoms with E-state index in [1.807, 2.05) is 0 Å². The van der Waals surface area contributed by atoms with Gasteiger partial charge in [-0.05, 0) is 17.5 Å². The van der Waals surface area contributed by atoms with Crippen molar-refractivity contribution in [2.24, 2.45) is 0 Å². The number of nitrogens with zero attached hydrogens (tertiary/aromatic N) is 1. The van der Waals surface area contributed by atoms with Crippen molar-refractivity contribution in [2.45, 2.75) is 18.8 Å². The Balaban J connectivity index is 2.19. The molecule has 4 nitrogen and oxygen atoms in total. The molecule has 4 heteroatoms. The van der Waals surface area contributed by atoms with Crippen LogP contribution < -0.4 is 0 Å². The summed E-state index contributed by atoms with van der Waals surface area (Å²) in [6, 6.07) is 1.75. The summed E-state index contributed by atoms with van der Waals surface area (Å²) in [7, 11) is 1.34. The first-order chi connectivity index (χ1) is 7.20. The fourth-order valence-corrected chi connectivity index (χ4v) is 1.64. The standard InChI is InChI=1S/C11H11NO3/c1-15-11(14)9-2-8(5-12-6-9)7-3-10(13)4-7/h2,5-7H,3-4H2,1H3. The van der Waals surface area contributed by atoms with Gasteiger partial charge in [0.25, 0.3) is 0 Å². The van der Waals surface area contributed by atoms with Gasteiger partial charge in [-0.15, -0.1) is 0 Å². The smallest absolute Gasteiger partial charge is 0.339 e. The van der Waals surface area contributed by atoms with Crippen molar-refractivity contribution in [2.75, 3.05) is 7.11 Å². The Hall–Kier alpha value is -1.71. The molecule has 1 saturated carbocycles. The zero-order valence-electron chi connectivity index (χ0n) is 8.40. The largest absolute Gasteiger partial charge is 0.465 e. The van der Waals surface area contributed by atoms with E-state index in [2.05, 4.69) is 9.72 Å². The molecule has 1 aromatic heterocycles. The molecule has 0 aromatic carbocycles. The van der Waals surface area contributed by atoms with Gasteiger partial charge in [-0.3, -0.25) is 9.78 Å². The SMILES string of the molecule is COC(=O)c1cncc(C2CC(=O)C2)c1. The van der Waals surface area contributed by atoms with Crippen LogP contribution in [0.4, 0.5) is 0 Å². The molecule has 0 unspecified atom stereocenters. The second-order valence-electron chi connectivity index (χ2n) is 3.64. The van der Waals surface area contributed by atoms with E-state index in [4.69, 9.17) is 0 Å². The number of hydrogen-bond donors (Lipinski definition) is 0. The number of Topliss-reactive ketones (excluding diaryl/α,β-unsaturated/α-hetero) is 1. The van der Waals surface area contributed by atoms with Crippen molar-refractivity contribution in [1.29, 1.82) is 0 Å². The van der Waals surface area contributed by atoms with E-state index in [0.29, 0.717) is 18.4 Å². The fourth-order valence-electron chi connectivity index (χ4n) is 1.64. The van der Waals surface area contributed by atoms with Gasteiger partial charge in [0.05, 0.1) is 12.7 Å². The summed E-state index contributed by atoms with van der Waals surface area (Å²) in [5.74, 6) is 0.105. The monoisotopic (exact) mass is 205 g/mol. The molecule has 0 radical (unpaired) electrons. The third kappa shape index (κ3) is 1.88. The van der Waals surface area contributed by atoms with Gasteiger partial charge in [0.1, 0.15) is 5.78 Å². The van der Waals surface area contributed by atoms with Gasteiger partial charge in [0.15, 0.2) is 0 Å². The predicted octanol–water partition coefficient (Wildman–Crippen LogP) is 1.31. The highest BCUT2D eigenvalue weighted by Crippen LogP contribution is 2.33. The van der Waals surface area contributed by atoms with Crippen LogP contribution in [-0.4, -0.2) is 23.8 Å². The molecule has 15 heavy (non-hydrogen) atoms. The van der Waals surface area contributed by atoms with Crippen molar-refractivity contribution in [3.8, 4) is 0 Å². The average molecular weight is 205 g/mol. The molecule has 1 aliphatic rings. The normalized spacial score (nSPS) is 15.9. The molecule has 1 aromatic rings. The second-order valence-corrected chi connectivity index (χ2v) is 3.64. The lowest BCUT2D eigenvalue weighted by Gasteiger charge is -2.24. The zero-order chi connectivity index (χ0) is 10.8. The van der Waals surface area contributed by atoms with Crippen molar-refractivity contribution in [3.05, 3.63) is 29.6 Å². The molecule has 1 aliphatic carbocycles. The van der Waals surface area contributed by atoms with E-state index in [-0.39, 0.29) is 11.7 Å². The first-order valence-electron chi connectivity index (χ1n) is 4.75. The molecular formula is C11H11NO3. The Morgan fingerprint density at radius 3 is 2.80 bits per heavy atom. The topological polar surface area (TPSA) is 56.3 Å². The summed E-state index contributed by atoms with van der Waals surface area (Å²) < 4.78 is 4.60. The number of pyridine rings is 1. The third-order valence-corrected chi connectivity index (χ3v) is 2.60. The molecule has 1 fully saturated rings. The third-order valence-electron chi connectivity index (χ3n) is 2.60. The van der Waals surface area contributed by atoms with Gasteiger partial charge in [-0.25, -0.2) is 4.79 Å². The molecule has 0 amide bonds. The summed E-state index contributed by atoms with van der Waals surface area (Å²) in [5.41, 5.74) is 1.38. The van der Waals surface area contributed by atoms with Crippen LogP contribution in [0.25, 0.3) is 0 Å². The highest BCUT2D eigenvalue weighted by atomic mass is 16.5. The summed E-state index contributed by atoms with van der Waals surface area (Å²) >= 11 is 0. The van der Waals surface area contributed by atoms with Crippen LogP contribution in [0.2, 0.25) is 0 Å². The van der Waals surface area contributed by atoms with E-state index in [1.54, 1.807) is 12.3 Å². The van der Waals surface area contributed by atoms with Crippen molar-refractivity contribution < 1.29 is 14.3 Å². The maximum Gasteiger partial charge on any atom is 0.339 e. The van der Waals surface area contributed by atoms with Crippen LogP contribution in [0, 0.1) is 0 Å². The first-order valence-corrected chi connectivity index (χ1v) is 4.75. The average Bonchev–Trinajstić information content (AvgIpc) is 2.24. The van der Waals surface area contributed by atoms with Crippen molar-refractivity contribution in [1.82, 2.24) is 4.98 Å². The number of aromatic nitrogens is 1. The highest BCUT2D eigenvalue weighted by Gasteiger charge is 2.28. The summed E-state index contributed by atoms with van der Waals surface area (Å²) in [4.78, 5) is 26.0. The lowest BCUT2D eigenvalue weighted by atomic mass is 9.79. The van der Waals surface area contributed by atoms with Crippen LogP contribution in [0.15, 0.2) is 18.5 Å². The summed E-state index contributed by atoms with van der Waals surface area (Å²) in [6.45, 7) is 0. The quantitative estimate of drug-likeness (QED) is 0.683. The molecule has 0 N–H and O–H groups in total. The van der Waals surface area contributed by atoms with E-state index >= 15 is 0 Å². The van der Waals surface area contributed by atoms with E-state index < -0.39 is 5.97 Å². The Morgan fingerprint density at radius 1 is 1.47 bits per heavy atom. The fraction of sp³-hybridized carbons (Fsp3) is 0.364. The second kappa shape index (κ2) is 3.81. The Bertz CT molecular complexity index is 406. The van der Waals surface area contributed by atoms with E-state index in [9.17, 15) is 9.59 Å². The Labute approximate surface area is 87.3 Å². The molecule has 78 valence electrons. The van der Waals surface area contributed by atoms with Crippen LogP contribution in [0.3, 0.4) is 0 Å². The predicted molar refractivity (Wildman–Crippen MR) is 52.6 cm³/mol. The van der Waals surface area contributed by atoms with Gasteiger partial charge in [0.2, 0.25) is 0 Å². The van der Waals surface area contributed by atoms with E-state index in [1.165, 1.54) is 13.3 Å². The maximum absolute atomic E-state index is 11.2. The van der Waals surface area contributed by atoms with Gasteiger partial charge in [-0.1, -0.05) is 0 Å². The number of ketones is 1. The maximum atomic E-state index is 11.2. The summed E-state index contributed by atoms with van der Waals surface area (Å²) in [6.07, 6.45) is 4.29. The first kappa shape index (κ1) is 9.83. The number of hydrogen-bond acceptors (Lipinski definition) is 4. The molecule has 0 spiro atoms. The summed E-state index contributed by atoms with van der Waals surface area (Å²) in [5, 5.41) is 0. The molecule has 2 rings (SSSR count). The molecular weight excluding hydrogens is 194 g/mol. The van der Waals surface area contributed by atoms with Crippen molar-refractivity contribution >= 4 is 11.8 Å². The minimum absolute atomic E-state index is 0.231. The van der Waals surface area contributed by atoms with Crippen LogP contribution in [-0.2, 0) is 9.53 Å². The minimum Gasteiger partial charge on any atom is -0.465 e. The van der Waals surface area contributed by atoms with E-state index in [0.717, 1.165) is 5.56 Å². The number of ether oxygens (including phenoxy) is 1. The number of rotatable bonds is 2. The number of carbonyl (C=O) groups excluding carboxylic acids is 2. The van der Waals surface area contributed by atoms with Crippen LogP contribution in [0.5, 0.6) is 0 Å². The molecule has 1 heterocycles. The number of methoxy groups -OCH3 is 1. The Kier molecular flexibility index (Phi) is 2.49. The number of esters is 1. The molecule has 0 aliphatic heterocycles. The highest BCUT2D eigenvalue weighted by molar-refractivity contribution is 5.90. The Morgan fingerprint density at radius 2 is 2.20 bits per heavy atom. The van der Waals surface area contributed by atoms with Gasteiger partial charge >= 0.3 is 5.97 Å². The zero-order valence-corrected chi connectivity index (χ0v) is 8.40. The molecule has 0 bridgehead atoms. The number of carbonyl (C=O) groups is 2.